The highest BCUT2D eigenvalue weighted by Gasteiger charge is 2.48. The maximum atomic E-state index is 11.0. The van der Waals surface area contributed by atoms with Crippen molar-refractivity contribution in [2.75, 3.05) is 0 Å². The van der Waals surface area contributed by atoms with Crippen molar-refractivity contribution in [3.05, 3.63) is 34.9 Å². The topological polar surface area (TPSA) is 74.6 Å². The quantitative estimate of drug-likeness (QED) is 0.841. The Balaban J connectivity index is 2.18. The van der Waals surface area contributed by atoms with Gasteiger partial charge in [0.25, 0.3) is 0 Å². The molecule has 1 fully saturated rings. The predicted octanol–water partition coefficient (Wildman–Crippen LogP) is 3.01. The summed E-state index contributed by atoms with van der Waals surface area (Å²) in [4.78, 5) is 21.7. The Bertz CT molecular complexity index is 500. The molecule has 19 heavy (non-hydrogen) atoms. The molecule has 3 unspecified atom stereocenters. The molecule has 0 spiro atoms. The van der Waals surface area contributed by atoms with Crippen LogP contribution < -0.4 is 0 Å². The first-order valence-electron chi connectivity index (χ1n) is 6.19. The summed E-state index contributed by atoms with van der Waals surface area (Å²) in [6.07, 6.45) is 1.05. The molecule has 0 amide bonds. The molecule has 4 nitrogen and oxygen atoms in total. The third kappa shape index (κ3) is 3.26. The normalized spacial score (nSPS) is 22.8. The molecular weight excluding hydrogens is 268 g/mol. The first-order chi connectivity index (χ1) is 9.00. The summed E-state index contributed by atoms with van der Waals surface area (Å²) in [7, 11) is 0. The highest BCUT2D eigenvalue weighted by molar-refractivity contribution is 6.31. The molecular formula is C14H15ClO4. The Hall–Kier alpha value is -1.55. The van der Waals surface area contributed by atoms with Crippen LogP contribution in [0.2, 0.25) is 5.02 Å². The summed E-state index contributed by atoms with van der Waals surface area (Å²) in [6, 6.07) is 7.25. The number of benzene rings is 1. The van der Waals surface area contributed by atoms with E-state index in [2.05, 4.69) is 0 Å². The average Bonchev–Trinajstić information content (AvgIpc) is 3.11. The molecule has 102 valence electrons. The molecule has 5 heteroatoms. The van der Waals surface area contributed by atoms with Gasteiger partial charge in [0.2, 0.25) is 0 Å². The van der Waals surface area contributed by atoms with Gasteiger partial charge in [0.1, 0.15) is 0 Å². The van der Waals surface area contributed by atoms with Gasteiger partial charge in [-0.25, -0.2) is 0 Å². The Morgan fingerprint density at radius 1 is 1.32 bits per heavy atom. The lowest BCUT2D eigenvalue weighted by molar-refractivity contribution is -0.139. The molecule has 3 atom stereocenters. The van der Waals surface area contributed by atoms with Crippen LogP contribution >= 0.6 is 11.6 Å². The van der Waals surface area contributed by atoms with Crippen molar-refractivity contribution in [2.45, 2.75) is 25.2 Å². The Morgan fingerprint density at radius 2 is 2.00 bits per heavy atom. The SMILES string of the molecule is O=C(O)CCC(c1ccccc1Cl)C1CC1C(=O)O. The van der Waals surface area contributed by atoms with E-state index in [-0.39, 0.29) is 24.2 Å². The van der Waals surface area contributed by atoms with Gasteiger partial charge in [-0.1, -0.05) is 29.8 Å². The second-order valence-electron chi connectivity index (χ2n) is 4.90. The zero-order chi connectivity index (χ0) is 14.0. The summed E-state index contributed by atoms with van der Waals surface area (Å²) < 4.78 is 0. The van der Waals surface area contributed by atoms with Crippen LogP contribution in [0.25, 0.3) is 0 Å². The average molecular weight is 283 g/mol. The number of aliphatic carboxylic acids is 2. The van der Waals surface area contributed by atoms with E-state index in [1.54, 1.807) is 6.07 Å². The molecule has 0 aliphatic heterocycles. The third-order valence-corrected chi connectivity index (χ3v) is 3.99. The molecule has 2 N–H and O–H groups in total. The van der Waals surface area contributed by atoms with E-state index in [0.29, 0.717) is 17.9 Å². The van der Waals surface area contributed by atoms with E-state index in [1.165, 1.54) is 0 Å². The van der Waals surface area contributed by atoms with Gasteiger partial charge in [-0.15, -0.1) is 0 Å². The zero-order valence-electron chi connectivity index (χ0n) is 10.3. The Labute approximate surface area is 116 Å². The van der Waals surface area contributed by atoms with Gasteiger partial charge < -0.3 is 10.2 Å². The Kier molecular flexibility index (Phi) is 4.10. The van der Waals surface area contributed by atoms with Crippen molar-refractivity contribution < 1.29 is 19.8 Å². The van der Waals surface area contributed by atoms with Crippen LogP contribution in [0.5, 0.6) is 0 Å². The van der Waals surface area contributed by atoms with Crippen molar-refractivity contribution in [3.8, 4) is 0 Å². The summed E-state index contributed by atoms with van der Waals surface area (Å²) >= 11 is 6.14. The molecule has 0 bridgehead atoms. The standard InChI is InChI=1S/C14H15ClO4/c15-12-4-2-1-3-9(12)8(5-6-13(16)17)10-7-11(10)14(18)19/h1-4,8,10-11H,5-7H2,(H,16,17)(H,18,19). The minimum absolute atomic E-state index is 0.00301. The maximum Gasteiger partial charge on any atom is 0.306 e. The van der Waals surface area contributed by atoms with Crippen molar-refractivity contribution in [3.63, 3.8) is 0 Å². The smallest absolute Gasteiger partial charge is 0.306 e. The van der Waals surface area contributed by atoms with Crippen LogP contribution in [0, 0.1) is 11.8 Å². The zero-order valence-corrected chi connectivity index (χ0v) is 11.0. The van der Waals surface area contributed by atoms with Crippen molar-refractivity contribution in [1.82, 2.24) is 0 Å². The largest absolute Gasteiger partial charge is 0.481 e. The molecule has 0 radical (unpaired) electrons. The number of carboxylic acid groups (broad SMARTS) is 2. The maximum absolute atomic E-state index is 11.0. The summed E-state index contributed by atoms with van der Waals surface area (Å²) in [5.41, 5.74) is 0.860. The fourth-order valence-electron chi connectivity index (χ4n) is 2.60. The van der Waals surface area contributed by atoms with Gasteiger partial charge in [-0.2, -0.15) is 0 Å². The molecule has 1 aromatic carbocycles. The van der Waals surface area contributed by atoms with Crippen LogP contribution in [0.15, 0.2) is 24.3 Å². The lowest BCUT2D eigenvalue weighted by atomic mass is 9.88. The van der Waals surface area contributed by atoms with Crippen molar-refractivity contribution in [2.24, 2.45) is 11.8 Å². The number of hydrogen-bond donors (Lipinski definition) is 2. The van der Waals surface area contributed by atoms with Gasteiger partial charge in [0, 0.05) is 11.4 Å². The third-order valence-electron chi connectivity index (χ3n) is 3.65. The monoisotopic (exact) mass is 282 g/mol. The summed E-state index contributed by atoms with van der Waals surface area (Å²) in [6.45, 7) is 0. The lowest BCUT2D eigenvalue weighted by Crippen LogP contribution is -2.10. The van der Waals surface area contributed by atoms with Crippen LogP contribution in [-0.2, 0) is 9.59 Å². The lowest BCUT2D eigenvalue weighted by Gasteiger charge is -2.17. The van der Waals surface area contributed by atoms with Crippen molar-refractivity contribution in [1.29, 1.82) is 0 Å². The van der Waals surface area contributed by atoms with Gasteiger partial charge in [-0.05, 0) is 36.3 Å². The van der Waals surface area contributed by atoms with Gasteiger partial charge in [0.05, 0.1) is 5.92 Å². The molecule has 1 saturated carbocycles. The molecule has 0 saturated heterocycles. The van der Waals surface area contributed by atoms with E-state index in [0.717, 1.165) is 5.56 Å². The number of carbonyl (C=O) groups is 2. The van der Waals surface area contributed by atoms with E-state index < -0.39 is 11.9 Å². The van der Waals surface area contributed by atoms with Crippen LogP contribution in [0.4, 0.5) is 0 Å². The van der Waals surface area contributed by atoms with E-state index in [1.807, 2.05) is 18.2 Å². The fourth-order valence-corrected chi connectivity index (χ4v) is 2.87. The molecule has 1 aliphatic rings. The highest BCUT2D eigenvalue weighted by atomic mass is 35.5. The van der Waals surface area contributed by atoms with Crippen LogP contribution in [0.3, 0.4) is 0 Å². The van der Waals surface area contributed by atoms with E-state index >= 15 is 0 Å². The number of carboxylic acids is 2. The predicted molar refractivity (Wildman–Crippen MR) is 70.3 cm³/mol. The minimum atomic E-state index is -0.871. The van der Waals surface area contributed by atoms with Crippen LogP contribution in [0.1, 0.15) is 30.7 Å². The molecule has 1 aliphatic carbocycles. The first-order valence-corrected chi connectivity index (χ1v) is 6.57. The fraction of sp³-hybridized carbons (Fsp3) is 0.429. The number of halogens is 1. The van der Waals surface area contributed by atoms with E-state index in [4.69, 9.17) is 21.8 Å². The second kappa shape index (κ2) is 5.61. The number of hydrogen-bond acceptors (Lipinski definition) is 2. The summed E-state index contributed by atoms with van der Waals surface area (Å²) in [5, 5.41) is 18.4. The summed E-state index contributed by atoms with van der Waals surface area (Å²) in [5.74, 6) is -2.14. The first kappa shape index (κ1) is 13.9. The van der Waals surface area contributed by atoms with Gasteiger partial charge in [0.15, 0.2) is 0 Å². The number of rotatable bonds is 6. The highest BCUT2D eigenvalue weighted by Crippen LogP contribution is 2.51. The Morgan fingerprint density at radius 3 is 2.53 bits per heavy atom. The van der Waals surface area contributed by atoms with E-state index in [9.17, 15) is 9.59 Å². The van der Waals surface area contributed by atoms with Crippen LogP contribution in [-0.4, -0.2) is 22.2 Å². The van der Waals surface area contributed by atoms with Gasteiger partial charge in [-0.3, -0.25) is 9.59 Å². The molecule has 1 aromatic rings. The molecule has 0 aromatic heterocycles. The second-order valence-corrected chi connectivity index (χ2v) is 5.31. The van der Waals surface area contributed by atoms with Gasteiger partial charge >= 0.3 is 11.9 Å². The molecule has 2 rings (SSSR count). The van der Waals surface area contributed by atoms with Crippen molar-refractivity contribution >= 4 is 23.5 Å². The molecule has 0 heterocycles. The minimum Gasteiger partial charge on any atom is -0.481 e.